The first-order valence-electron chi connectivity index (χ1n) is 4.74. The smallest absolute Gasteiger partial charge is 0.258 e. The third kappa shape index (κ3) is 1.22. The predicted octanol–water partition coefficient (Wildman–Crippen LogP) is 2.38. The van der Waals surface area contributed by atoms with Crippen LogP contribution in [-0.2, 0) is 0 Å². The number of nitrogens with one attached hydrogen (secondary N) is 1. The van der Waals surface area contributed by atoms with Gasteiger partial charge >= 0.3 is 0 Å². The highest BCUT2D eigenvalue weighted by Crippen LogP contribution is 2.25. The van der Waals surface area contributed by atoms with Crippen LogP contribution in [0.1, 0.15) is 20.7 Å². The average Bonchev–Trinajstić information content (AvgIpc) is 2.52. The molecule has 0 saturated carbocycles. The number of rotatable bonds is 0. The van der Waals surface area contributed by atoms with Gasteiger partial charge in [-0.1, -0.05) is 17.7 Å². The van der Waals surface area contributed by atoms with Gasteiger partial charge in [0.05, 0.1) is 11.1 Å². The third-order valence-electron chi connectivity index (χ3n) is 2.65. The van der Waals surface area contributed by atoms with Gasteiger partial charge in [0.15, 0.2) is 0 Å². The summed E-state index contributed by atoms with van der Waals surface area (Å²) in [6, 6.07) is 8.75. The predicted molar refractivity (Wildman–Crippen MR) is 60.8 cm³/mol. The van der Waals surface area contributed by atoms with E-state index in [0.29, 0.717) is 16.1 Å². The van der Waals surface area contributed by atoms with Gasteiger partial charge < -0.3 is 0 Å². The van der Waals surface area contributed by atoms with Gasteiger partial charge in [-0.2, -0.15) is 0 Å². The molecule has 1 aliphatic heterocycles. The number of hydrogen-bond donors (Lipinski definition) is 1. The van der Waals surface area contributed by atoms with Crippen LogP contribution in [0.3, 0.4) is 0 Å². The Hall–Kier alpha value is -1.87. The van der Waals surface area contributed by atoms with Crippen molar-refractivity contribution in [3.8, 4) is 0 Å². The monoisotopic (exact) mass is 231 g/mol. The van der Waals surface area contributed by atoms with E-state index in [-0.39, 0.29) is 11.8 Å². The molecule has 3 nitrogen and oxygen atoms in total. The lowest BCUT2D eigenvalue weighted by atomic mass is 10.0. The second-order valence-electron chi connectivity index (χ2n) is 3.67. The Kier molecular flexibility index (Phi) is 1.79. The van der Waals surface area contributed by atoms with Crippen LogP contribution in [0.25, 0.3) is 10.8 Å². The second-order valence-corrected chi connectivity index (χ2v) is 4.11. The van der Waals surface area contributed by atoms with Crippen LogP contribution in [0.2, 0.25) is 5.02 Å². The van der Waals surface area contributed by atoms with Crippen molar-refractivity contribution in [3.63, 3.8) is 0 Å². The van der Waals surface area contributed by atoms with Gasteiger partial charge in [-0.05, 0) is 35.0 Å². The van der Waals surface area contributed by atoms with Crippen molar-refractivity contribution in [3.05, 3.63) is 46.5 Å². The summed E-state index contributed by atoms with van der Waals surface area (Å²) in [5.41, 5.74) is 0.847. The molecule has 0 bridgehead atoms. The van der Waals surface area contributed by atoms with E-state index in [9.17, 15) is 9.59 Å². The van der Waals surface area contributed by atoms with Gasteiger partial charge in [-0.25, -0.2) is 0 Å². The molecule has 0 atom stereocenters. The first kappa shape index (κ1) is 9.36. The molecule has 4 heteroatoms. The van der Waals surface area contributed by atoms with Crippen LogP contribution in [0.15, 0.2) is 30.3 Å². The van der Waals surface area contributed by atoms with E-state index in [1.807, 2.05) is 6.07 Å². The highest BCUT2D eigenvalue weighted by molar-refractivity contribution is 6.31. The molecule has 1 aliphatic rings. The summed E-state index contributed by atoms with van der Waals surface area (Å²) < 4.78 is 0. The van der Waals surface area contributed by atoms with E-state index < -0.39 is 0 Å². The number of benzene rings is 2. The molecular weight excluding hydrogens is 226 g/mol. The Morgan fingerprint density at radius 1 is 0.875 bits per heavy atom. The molecule has 16 heavy (non-hydrogen) atoms. The molecule has 0 saturated heterocycles. The van der Waals surface area contributed by atoms with Gasteiger partial charge in [-0.3, -0.25) is 14.9 Å². The minimum Gasteiger partial charge on any atom is -0.288 e. The summed E-state index contributed by atoms with van der Waals surface area (Å²) in [6.45, 7) is 0. The summed E-state index contributed by atoms with van der Waals surface area (Å²) in [7, 11) is 0. The van der Waals surface area contributed by atoms with Crippen molar-refractivity contribution in [2.75, 3.05) is 0 Å². The standard InChI is InChI=1S/C12H6ClNO2/c13-8-2-1-6-4-9-10(5-7(6)3-8)12(16)14-11(9)15/h1-5H,(H,14,15,16). The van der Waals surface area contributed by atoms with Gasteiger partial charge in [-0.15, -0.1) is 0 Å². The summed E-state index contributed by atoms with van der Waals surface area (Å²) in [6.07, 6.45) is 0. The number of hydrogen-bond acceptors (Lipinski definition) is 2. The van der Waals surface area contributed by atoms with Crippen LogP contribution in [0, 0.1) is 0 Å². The van der Waals surface area contributed by atoms with Crippen LogP contribution in [-0.4, -0.2) is 11.8 Å². The minimum absolute atomic E-state index is 0.336. The van der Waals surface area contributed by atoms with Crippen molar-refractivity contribution < 1.29 is 9.59 Å². The lowest BCUT2D eigenvalue weighted by Gasteiger charge is -2.00. The van der Waals surface area contributed by atoms with Gasteiger partial charge in [0.1, 0.15) is 0 Å². The molecule has 0 aromatic heterocycles. The largest absolute Gasteiger partial charge is 0.288 e. The summed E-state index contributed by atoms with van der Waals surface area (Å²) in [5, 5.41) is 4.62. The molecular formula is C12H6ClNO2. The summed E-state index contributed by atoms with van der Waals surface area (Å²) in [5.74, 6) is -0.682. The fourth-order valence-corrected chi connectivity index (χ4v) is 2.06. The highest BCUT2D eigenvalue weighted by atomic mass is 35.5. The lowest BCUT2D eigenvalue weighted by Crippen LogP contribution is -2.19. The van der Waals surface area contributed by atoms with Crippen molar-refractivity contribution in [1.29, 1.82) is 0 Å². The molecule has 0 unspecified atom stereocenters. The summed E-state index contributed by atoms with van der Waals surface area (Å²) in [4.78, 5) is 22.9. The molecule has 78 valence electrons. The Bertz CT molecular complexity index is 649. The van der Waals surface area contributed by atoms with E-state index in [1.54, 1.807) is 24.3 Å². The van der Waals surface area contributed by atoms with Crippen LogP contribution in [0.5, 0.6) is 0 Å². The highest BCUT2D eigenvalue weighted by Gasteiger charge is 2.26. The molecule has 2 amide bonds. The molecule has 2 aromatic rings. The molecule has 2 aromatic carbocycles. The molecule has 0 fully saturated rings. The van der Waals surface area contributed by atoms with E-state index in [2.05, 4.69) is 5.32 Å². The Morgan fingerprint density at radius 2 is 1.50 bits per heavy atom. The zero-order chi connectivity index (χ0) is 11.3. The van der Waals surface area contributed by atoms with E-state index >= 15 is 0 Å². The van der Waals surface area contributed by atoms with Crippen molar-refractivity contribution >= 4 is 34.2 Å². The second kappa shape index (κ2) is 3.06. The number of halogens is 1. The lowest BCUT2D eigenvalue weighted by molar-refractivity contribution is 0.0879. The SMILES string of the molecule is O=C1NC(=O)c2cc3cc(Cl)ccc3cc21. The zero-order valence-corrected chi connectivity index (χ0v) is 8.84. The van der Waals surface area contributed by atoms with Gasteiger partial charge in [0.25, 0.3) is 11.8 Å². The first-order valence-corrected chi connectivity index (χ1v) is 5.12. The number of carbonyl (C=O) groups is 2. The number of amides is 2. The van der Waals surface area contributed by atoms with Crippen LogP contribution in [0.4, 0.5) is 0 Å². The molecule has 1 N–H and O–H groups in total. The molecule has 1 heterocycles. The van der Waals surface area contributed by atoms with Gasteiger partial charge in [0.2, 0.25) is 0 Å². The van der Waals surface area contributed by atoms with Gasteiger partial charge in [0, 0.05) is 5.02 Å². The molecule has 0 aliphatic carbocycles. The fraction of sp³-hybridized carbons (Fsp3) is 0. The average molecular weight is 232 g/mol. The summed E-state index contributed by atoms with van der Waals surface area (Å²) >= 11 is 5.87. The topological polar surface area (TPSA) is 46.2 Å². The van der Waals surface area contributed by atoms with Crippen molar-refractivity contribution in [2.45, 2.75) is 0 Å². The third-order valence-corrected chi connectivity index (χ3v) is 2.89. The molecule has 3 rings (SSSR count). The first-order chi connectivity index (χ1) is 7.65. The van der Waals surface area contributed by atoms with Crippen molar-refractivity contribution in [1.82, 2.24) is 5.32 Å². The number of imide groups is 1. The maximum absolute atomic E-state index is 11.4. The minimum atomic E-state index is -0.345. The molecule has 0 spiro atoms. The van der Waals surface area contributed by atoms with E-state index in [4.69, 9.17) is 11.6 Å². The quantitative estimate of drug-likeness (QED) is 0.708. The maximum Gasteiger partial charge on any atom is 0.258 e. The Morgan fingerprint density at radius 3 is 2.19 bits per heavy atom. The molecule has 0 radical (unpaired) electrons. The number of fused-ring (bicyclic) bond motifs is 2. The number of carbonyl (C=O) groups excluding carboxylic acids is 2. The fourth-order valence-electron chi connectivity index (χ4n) is 1.88. The Balaban J connectivity index is 2.38. The Labute approximate surface area is 96.0 Å². The zero-order valence-electron chi connectivity index (χ0n) is 8.08. The maximum atomic E-state index is 11.4. The van der Waals surface area contributed by atoms with E-state index in [1.165, 1.54) is 0 Å². The van der Waals surface area contributed by atoms with E-state index in [0.717, 1.165) is 10.8 Å². The van der Waals surface area contributed by atoms with Crippen molar-refractivity contribution in [2.24, 2.45) is 0 Å². The van der Waals surface area contributed by atoms with Crippen LogP contribution >= 0.6 is 11.6 Å². The van der Waals surface area contributed by atoms with Crippen LogP contribution < -0.4 is 5.32 Å². The normalized spacial score (nSPS) is 14.1.